The number of carbonyl (C=O) groups excluding carboxylic acids is 2. The normalized spacial score (nSPS) is 10.0. The lowest BCUT2D eigenvalue weighted by molar-refractivity contribution is 0.0964. The van der Waals surface area contributed by atoms with E-state index in [1.807, 2.05) is 0 Å². The Balaban J connectivity index is 2.30. The molecule has 0 radical (unpaired) electrons. The van der Waals surface area contributed by atoms with E-state index in [1.54, 1.807) is 30.3 Å². The molecule has 108 valence electrons. The molecule has 0 fully saturated rings. The minimum atomic E-state index is -0.640. The van der Waals surface area contributed by atoms with Crippen molar-refractivity contribution in [1.29, 1.82) is 0 Å². The second kappa shape index (κ2) is 6.49. The van der Waals surface area contributed by atoms with Crippen molar-refractivity contribution in [2.75, 3.05) is 12.4 Å². The Morgan fingerprint density at radius 3 is 2.43 bits per heavy atom. The van der Waals surface area contributed by atoms with Crippen LogP contribution in [0.2, 0.25) is 0 Å². The summed E-state index contributed by atoms with van der Waals surface area (Å²) in [7, 11) is 1.50. The first kappa shape index (κ1) is 15.2. The second-order valence-corrected chi connectivity index (χ2v) is 5.12. The van der Waals surface area contributed by atoms with Crippen LogP contribution in [0, 0.1) is 5.82 Å². The largest absolute Gasteiger partial charge is 0.355 e. The number of hydrogen-bond acceptors (Lipinski definition) is 2. The number of rotatable bonds is 3. The van der Waals surface area contributed by atoms with Crippen molar-refractivity contribution in [3.63, 3.8) is 0 Å². The first-order chi connectivity index (χ1) is 10.0. The van der Waals surface area contributed by atoms with E-state index in [1.165, 1.54) is 19.2 Å². The van der Waals surface area contributed by atoms with Crippen LogP contribution in [0.4, 0.5) is 10.1 Å². The first-order valence-electron chi connectivity index (χ1n) is 6.10. The van der Waals surface area contributed by atoms with Crippen molar-refractivity contribution in [3.8, 4) is 0 Å². The summed E-state index contributed by atoms with van der Waals surface area (Å²) in [5.41, 5.74) is 0.542. The van der Waals surface area contributed by atoms with Crippen LogP contribution < -0.4 is 10.6 Å². The summed E-state index contributed by atoms with van der Waals surface area (Å²) in [5, 5.41) is 5.03. The summed E-state index contributed by atoms with van der Waals surface area (Å²) in [5.74, 6) is -1.59. The van der Waals surface area contributed by atoms with Crippen molar-refractivity contribution in [2.45, 2.75) is 0 Å². The highest BCUT2D eigenvalue weighted by Crippen LogP contribution is 2.19. The Morgan fingerprint density at radius 1 is 1.05 bits per heavy atom. The molecule has 0 atom stereocenters. The monoisotopic (exact) mass is 350 g/mol. The van der Waals surface area contributed by atoms with Crippen LogP contribution in [-0.2, 0) is 0 Å². The molecule has 0 spiro atoms. The van der Waals surface area contributed by atoms with Crippen LogP contribution in [-0.4, -0.2) is 18.9 Å². The lowest BCUT2D eigenvalue weighted by Crippen LogP contribution is -2.21. The van der Waals surface area contributed by atoms with Crippen LogP contribution in [0.1, 0.15) is 20.7 Å². The van der Waals surface area contributed by atoms with Gasteiger partial charge in [-0.3, -0.25) is 9.59 Å². The maximum Gasteiger partial charge on any atom is 0.258 e. The summed E-state index contributed by atoms with van der Waals surface area (Å²) in [6, 6.07) is 10.7. The minimum absolute atomic E-state index is 0.0927. The van der Waals surface area contributed by atoms with Crippen LogP contribution in [0.25, 0.3) is 0 Å². The molecular weight excluding hydrogens is 339 g/mol. The fraction of sp³-hybridized carbons (Fsp3) is 0.0667. The number of anilines is 1. The number of benzene rings is 2. The Hall–Kier alpha value is -2.21. The maximum absolute atomic E-state index is 13.8. The topological polar surface area (TPSA) is 58.2 Å². The summed E-state index contributed by atoms with van der Waals surface area (Å²) in [6.45, 7) is 0. The van der Waals surface area contributed by atoms with Gasteiger partial charge in [0, 0.05) is 11.5 Å². The summed E-state index contributed by atoms with van der Waals surface area (Å²) in [6.07, 6.45) is 0. The average molecular weight is 351 g/mol. The zero-order valence-electron chi connectivity index (χ0n) is 11.1. The molecule has 6 heteroatoms. The smallest absolute Gasteiger partial charge is 0.258 e. The SMILES string of the molecule is CNC(=O)c1ccccc1NC(=O)c1ccc(Br)cc1F. The molecule has 0 bridgehead atoms. The summed E-state index contributed by atoms with van der Waals surface area (Å²) in [4.78, 5) is 23.8. The third kappa shape index (κ3) is 3.46. The molecule has 4 nitrogen and oxygen atoms in total. The van der Waals surface area contributed by atoms with Gasteiger partial charge < -0.3 is 10.6 Å². The van der Waals surface area contributed by atoms with E-state index in [2.05, 4.69) is 26.6 Å². The van der Waals surface area contributed by atoms with Gasteiger partial charge in [0.2, 0.25) is 0 Å². The molecule has 2 amide bonds. The van der Waals surface area contributed by atoms with E-state index in [0.717, 1.165) is 0 Å². The second-order valence-electron chi connectivity index (χ2n) is 4.20. The molecule has 2 N–H and O–H groups in total. The van der Waals surface area contributed by atoms with Gasteiger partial charge in [-0.1, -0.05) is 28.1 Å². The Kier molecular flexibility index (Phi) is 4.70. The molecule has 0 aromatic heterocycles. The molecule has 0 aliphatic rings. The molecule has 0 aliphatic carbocycles. The molecule has 0 saturated heterocycles. The van der Waals surface area contributed by atoms with Crippen LogP contribution in [0.5, 0.6) is 0 Å². The van der Waals surface area contributed by atoms with E-state index in [0.29, 0.717) is 15.7 Å². The van der Waals surface area contributed by atoms with Gasteiger partial charge >= 0.3 is 0 Å². The Labute approximate surface area is 129 Å². The molecule has 0 heterocycles. The molecular formula is C15H12BrFN2O2. The highest BCUT2D eigenvalue weighted by Gasteiger charge is 2.15. The molecule has 0 unspecified atom stereocenters. The average Bonchev–Trinajstić information content (AvgIpc) is 2.46. The molecule has 0 aliphatic heterocycles. The Bertz CT molecular complexity index is 704. The van der Waals surface area contributed by atoms with Crippen molar-refractivity contribution in [3.05, 3.63) is 63.9 Å². The van der Waals surface area contributed by atoms with E-state index < -0.39 is 11.7 Å². The first-order valence-corrected chi connectivity index (χ1v) is 6.89. The number of halogens is 2. The van der Waals surface area contributed by atoms with Gasteiger partial charge in [-0.15, -0.1) is 0 Å². The van der Waals surface area contributed by atoms with E-state index >= 15 is 0 Å². The van der Waals surface area contributed by atoms with Crippen molar-refractivity contribution in [1.82, 2.24) is 5.32 Å². The van der Waals surface area contributed by atoms with Gasteiger partial charge in [-0.25, -0.2) is 4.39 Å². The highest BCUT2D eigenvalue weighted by molar-refractivity contribution is 9.10. The van der Waals surface area contributed by atoms with Crippen LogP contribution in [0.3, 0.4) is 0 Å². The fourth-order valence-electron chi connectivity index (χ4n) is 1.79. The van der Waals surface area contributed by atoms with Gasteiger partial charge in [0.05, 0.1) is 16.8 Å². The standard InChI is InChI=1S/C15H12BrFN2O2/c1-18-14(20)11-4-2-3-5-13(11)19-15(21)10-7-6-9(16)8-12(10)17/h2-8H,1H3,(H,18,20)(H,19,21). The molecule has 2 aromatic rings. The number of para-hydroxylation sites is 1. The summed E-state index contributed by atoms with van der Waals surface area (Å²) >= 11 is 3.13. The molecule has 21 heavy (non-hydrogen) atoms. The maximum atomic E-state index is 13.8. The third-order valence-electron chi connectivity index (χ3n) is 2.82. The number of nitrogens with one attached hydrogen (secondary N) is 2. The molecule has 2 aromatic carbocycles. The van der Waals surface area contributed by atoms with Crippen molar-refractivity contribution < 1.29 is 14.0 Å². The quantitative estimate of drug-likeness (QED) is 0.892. The minimum Gasteiger partial charge on any atom is -0.355 e. The lowest BCUT2D eigenvalue weighted by atomic mass is 10.1. The van der Waals surface area contributed by atoms with Gasteiger partial charge in [-0.2, -0.15) is 0 Å². The van der Waals surface area contributed by atoms with Crippen molar-refractivity contribution in [2.24, 2.45) is 0 Å². The number of hydrogen-bond donors (Lipinski definition) is 2. The van der Waals surface area contributed by atoms with Crippen LogP contribution >= 0.6 is 15.9 Å². The zero-order valence-corrected chi connectivity index (χ0v) is 12.7. The number of carbonyl (C=O) groups is 2. The van der Waals surface area contributed by atoms with E-state index in [4.69, 9.17) is 0 Å². The van der Waals surface area contributed by atoms with Gasteiger partial charge in [0.1, 0.15) is 5.82 Å². The fourth-order valence-corrected chi connectivity index (χ4v) is 2.12. The van der Waals surface area contributed by atoms with Gasteiger partial charge in [0.15, 0.2) is 0 Å². The van der Waals surface area contributed by atoms with Crippen molar-refractivity contribution >= 4 is 33.4 Å². The predicted octanol–water partition coefficient (Wildman–Crippen LogP) is 3.20. The lowest BCUT2D eigenvalue weighted by Gasteiger charge is -2.10. The van der Waals surface area contributed by atoms with Crippen LogP contribution in [0.15, 0.2) is 46.9 Å². The van der Waals surface area contributed by atoms with E-state index in [9.17, 15) is 14.0 Å². The summed E-state index contributed by atoms with van der Waals surface area (Å²) < 4.78 is 14.3. The molecule has 2 rings (SSSR count). The zero-order chi connectivity index (χ0) is 15.4. The third-order valence-corrected chi connectivity index (χ3v) is 3.32. The highest BCUT2D eigenvalue weighted by atomic mass is 79.9. The van der Waals surface area contributed by atoms with Gasteiger partial charge in [0.25, 0.3) is 11.8 Å². The predicted molar refractivity (Wildman–Crippen MR) is 81.9 cm³/mol. The van der Waals surface area contributed by atoms with Gasteiger partial charge in [-0.05, 0) is 30.3 Å². The number of amides is 2. The molecule has 0 saturated carbocycles. The Morgan fingerprint density at radius 2 is 1.76 bits per heavy atom. The van der Waals surface area contributed by atoms with E-state index in [-0.39, 0.29) is 11.5 Å².